The lowest BCUT2D eigenvalue weighted by atomic mass is 9.88. The van der Waals surface area contributed by atoms with E-state index in [4.69, 9.17) is 19.2 Å². The number of nitrogens with zero attached hydrogens (tertiary/aromatic N) is 3. The van der Waals surface area contributed by atoms with Gasteiger partial charge in [0.05, 0.1) is 17.1 Å². The Morgan fingerprint density at radius 3 is 2.78 bits per heavy atom. The molecule has 0 spiro atoms. The van der Waals surface area contributed by atoms with Gasteiger partial charge in [0.25, 0.3) is 5.56 Å². The first-order chi connectivity index (χ1) is 18.1. The van der Waals surface area contributed by atoms with Crippen LogP contribution in [0.4, 0.5) is 0 Å². The molecule has 1 aromatic heterocycles. The largest absolute Gasteiger partial charge is 0.489 e. The van der Waals surface area contributed by atoms with Crippen LogP contribution in [0, 0.1) is 0 Å². The van der Waals surface area contributed by atoms with Gasteiger partial charge in [-0.2, -0.15) is 9.78 Å². The van der Waals surface area contributed by atoms with E-state index in [-0.39, 0.29) is 18.3 Å². The number of hydrogen-bond acceptors (Lipinski definition) is 6. The molecule has 1 fully saturated rings. The molecule has 0 radical (unpaired) electrons. The number of hydrogen-bond donors (Lipinski definition) is 0. The molecule has 0 atom stereocenters. The van der Waals surface area contributed by atoms with E-state index in [2.05, 4.69) is 21.0 Å². The van der Waals surface area contributed by atoms with Gasteiger partial charge in [0, 0.05) is 10.4 Å². The molecule has 8 heteroatoms. The molecule has 37 heavy (non-hydrogen) atoms. The molecule has 1 aliphatic heterocycles. The Morgan fingerprint density at radius 1 is 1.03 bits per heavy atom. The van der Waals surface area contributed by atoms with E-state index in [0.29, 0.717) is 23.3 Å². The fourth-order valence-corrected chi connectivity index (χ4v) is 5.27. The maximum atomic E-state index is 13.5. The lowest BCUT2D eigenvalue weighted by molar-refractivity contribution is 0.174. The quantitative estimate of drug-likeness (QED) is 0.255. The summed E-state index contributed by atoms with van der Waals surface area (Å²) < 4.78 is 19.2. The standard InChI is InChI=1S/C29H26BrN3O4/c30-22-10-11-25-24(15-22)29(34)33(28(32-25)21-6-2-1-3-7-21)31-16-19-5-4-8-23(13-19)35-17-20-9-12-26-27(14-20)37-18-36-26/h4-5,8-16,21H,1-3,6-7,17-18H2. The molecule has 4 aromatic rings. The Labute approximate surface area is 222 Å². The molecule has 1 saturated carbocycles. The van der Waals surface area contributed by atoms with Crippen molar-refractivity contribution in [2.75, 3.05) is 6.79 Å². The van der Waals surface area contributed by atoms with Gasteiger partial charge in [-0.25, -0.2) is 4.98 Å². The highest BCUT2D eigenvalue weighted by Crippen LogP contribution is 2.33. The minimum atomic E-state index is -0.154. The van der Waals surface area contributed by atoms with Crippen molar-refractivity contribution in [1.29, 1.82) is 0 Å². The summed E-state index contributed by atoms with van der Waals surface area (Å²) in [5, 5.41) is 5.19. The van der Waals surface area contributed by atoms with Gasteiger partial charge < -0.3 is 14.2 Å². The second-order valence-corrected chi connectivity index (χ2v) is 10.3. The van der Waals surface area contributed by atoms with Crippen LogP contribution in [0.3, 0.4) is 0 Å². The Kier molecular flexibility index (Phi) is 6.66. The first-order valence-electron chi connectivity index (χ1n) is 12.5. The van der Waals surface area contributed by atoms with Gasteiger partial charge in [-0.1, -0.05) is 53.4 Å². The topological polar surface area (TPSA) is 74.9 Å². The van der Waals surface area contributed by atoms with Crippen LogP contribution < -0.4 is 19.8 Å². The zero-order valence-corrected chi connectivity index (χ0v) is 21.8. The van der Waals surface area contributed by atoms with E-state index in [1.807, 2.05) is 60.7 Å². The fourth-order valence-electron chi connectivity index (χ4n) is 4.91. The molecule has 3 aromatic carbocycles. The monoisotopic (exact) mass is 559 g/mol. The summed E-state index contributed by atoms with van der Waals surface area (Å²) >= 11 is 3.47. The van der Waals surface area contributed by atoms with E-state index >= 15 is 0 Å². The summed E-state index contributed by atoms with van der Waals surface area (Å²) in [6.07, 6.45) is 7.26. The number of benzene rings is 3. The van der Waals surface area contributed by atoms with Crippen LogP contribution in [0.15, 0.2) is 75.0 Å². The van der Waals surface area contributed by atoms with E-state index in [1.165, 1.54) is 11.1 Å². The lowest BCUT2D eigenvalue weighted by Crippen LogP contribution is -2.25. The van der Waals surface area contributed by atoms with Crippen molar-refractivity contribution in [1.82, 2.24) is 9.66 Å². The molecule has 2 aliphatic rings. The van der Waals surface area contributed by atoms with Crippen molar-refractivity contribution in [2.24, 2.45) is 5.10 Å². The average molecular weight is 560 g/mol. The van der Waals surface area contributed by atoms with Gasteiger partial charge in [-0.15, -0.1) is 0 Å². The number of aromatic nitrogens is 2. The number of ether oxygens (including phenoxy) is 3. The first-order valence-corrected chi connectivity index (χ1v) is 13.3. The molecule has 188 valence electrons. The average Bonchev–Trinajstić information content (AvgIpc) is 3.40. The Balaban J connectivity index is 1.27. The number of halogens is 1. The molecule has 7 nitrogen and oxygen atoms in total. The van der Waals surface area contributed by atoms with Crippen LogP contribution in [-0.2, 0) is 6.61 Å². The number of rotatable bonds is 6. The second kappa shape index (κ2) is 10.4. The van der Waals surface area contributed by atoms with Crippen LogP contribution in [0.2, 0.25) is 0 Å². The Morgan fingerprint density at radius 2 is 1.89 bits per heavy atom. The summed E-state index contributed by atoms with van der Waals surface area (Å²) in [6.45, 7) is 0.641. The van der Waals surface area contributed by atoms with Gasteiger partial charge in [0.2, 0.25) is 6.79 Å². The zero-order chi connectivity index (χ0) is 25.2. The van der Waals surface area contributed by atoms with E-state index in [1.54, 1.807) is 6.21 Å². The maximum absolute atomic E-state index is 13.5. The summed E-state index contributed by atoms with van der Waals surface area (Å²) in [5.74, 6) is 3.16. The van der Waals surface area contributed by atoms with E-state index in [0.717, 1.165) is 58.6 Å². The Bertz CT molecular complexity index is 1540. The van der Waals surface area contributed by atoms with Crippen molar-refractivity contribution in [3.63, 3.8) is 0 Å². The van der Waals surface area contributed by atoms with Crippen molar-refractivity contribution >= 4 is 33.0 Å². The highest BCUT2D eigenvalue weighted by atomic mass is 79.9. The molecular weight excluding hydrogens is 534 g/mol. The second-order valence-electron chi connectivity index (χ2n) is 9.38. The van der Waals surface area contributed by atoms with Crippen molar-refractivity contribution < 1.29 is 14.2 Å². The first kappa shape index (κ1) is 23.7. The molecule has 0 bridgehead atoms. The van der Waals surface area contributed by atoms with Crippen LogP contribution in [0.25, 0.3) is 10.9 Å². The van der Waals surface area contributed by atoms with Gasteiger partial charge in [0.1, 0.15) is 18.2 Å². The minimum absolute atomic E-state index is 0.154. The number of fused-ring (bicyclic) bond motifs is 2. The van der Waals surface area contributed by atoms with Crippen LogP contribution in [-0.4, -0.2) is 22.7 Å². The molecule has 0 unspecified atom stereocenters. The molecule has 0 amide bonds. The third-order valence-corrected chi connectivity index (χ3v) is 7.32. The maximum Gasteiger partial charge on any atom is 0.282 e. The minimum Gasteiger partial charge on any atom is -0.489 e. The molecule has 1 aliphatic carbocycles. The van der Waals surface area contributed by atoms with E-state index in [9.17, 15) is 4.79 Å². The van der Waals surface area contributed by atoms with Gasteiger partial charge in [-0.3, -0.25) is 4.79 Å². The normalized spacial score (nSPS) is 15.5. The van der Waals surface area contributed by atoms with Crippen molar-refractivity contribution in [2.45, 2.75) is 44.6 Å². The molecule has 2 heterocycles. The zero-order valence-electron chi connectivity index (χ0n) is 20.2. The summed E-state index contributed by atoms with van der Waals surface area (Å²) in [7, 11) is 0. The van der Waals surface area contributed by atoms with Gasteiger partial charge in [-0.05, 0) is 66.4 Å². The SMILES string of the molecule is O=c1c2cc(Br)ccc2nc(C2CCCCC2)n1N=Cc1cccc(OCc2ccc3c(c2)OCO3)c1. The summed E-state index contributed by atoms with van der Waals surface area (Å²) in [6, 6.07) is 19.1. The van der Waals surface area contributed by atoms with E-state index < -0.39 is 0 Å². The van der Waals surface area contributed by atoms with Gasteiger partial charge in [0.15, 0.2) is 11.5 Å². The van der Waals surface area contributed by atoms with Crippen LogP contribution in [0.5, 0.6) is 17.2 Å². The van der Waals surface area contributed by atoms with Crippen LogP contribution >= 0.6 is 15.9 Å². The molecule has 6 rings (SSSR count). The smallest absolute Gasteiger partial charge is 0.282 e. The Hall–Kier alpha value is -3.65. The predicted octanol–water partition coefficient (Wildman–Crippen LogP) is 6.40. The fraction of sp³-hybridized carbons (Fsp3) is 0.276. The predicted molar refractivity (Wildman–Crippen MR) is 146 cm³/mol. The highest BCUT2D eigenvalue weighted by molar-refractivity contribution is 9.10. The molecule has 0 N–H and O–H groups in total. The molecule has 0 saturated heterocycles. The third-order valence-electron chi connectivity index (χ3n) is 6.83. The third kappa shape index (κ3) is 5.11. The molecular formula is C29H26BrN3O4. The van der Waals surface area contributed by atoms with Crippen molar-refractivity contribution in [3.05, 3.63) is 92.4 Å². The lowest BCUT2D eigenvalue weighted by Gasteiger charge is -2.22. The summed E-state index contributed by atoms with van der Waals surface area (Å²) in [4.78, 5) is 18.4. The highest BCUT2D eigenvalue weighted by Gasteiger charge is 2.22. The van der Waals surface area contributed by atoms with Crippen LogP contribution in [0.1, 0.15) is 55.0 Å². The van der Waals surface area contributed by atoms with Gasteiger partial charge >= 0.3 is 0 Å². The summed E-state index contributed by atoms with van der Waals surface area (Å²) in [5.41, 5.74) is 2.37. The van der Waals surface area contributed by atoms with Crippen molar-refractivity contribution in [3.8, 4) is 17.2 Å².